The minimum Gasteiger partial charge on any atom is -0.450 e. The number of carbonyl (C=O) groups is 2. The van der Waals surface area contributed by atoms with Crippen LogP contribution in [0.2, 0.25) is 0 Å². The third kappa shape index (κ3) is 3.10. The van der Waals surface area contributed by atoms with Gasteiger partial charge in [0, 0.05) is 38.6 Å². The highest BCUT2D eigenvalue weighted by atomic mass is 19.1. The number of halogens is 1. The van der Waals surface area contributed by atoms with Crippen LogP contribution in [0.1, 0.15) is 17.4 Å². The van der Waals surface area contributed by atoms with Crippen molar-refractivity contribution < 1.29 is 18.7 Å². The topological polar surface area (TPSA) is 67.2 Å². The number of fused-ring (bicyclic) bond motifs is 1. The average molecular weight is 320 g/mol. The summed E-state index contributed by atoms with van der Waals surface area (Å²) in [7, 11) is 0. The maximum Gasteiger partial charge on any atom is 0.409 e. The van der Waals surface area contributed by atoms with E-state index in [1.54, 1.807) is 16.7 Å². The highest BCUT2D eigenvalue weighted by Gasteiger charge is 2.26. The molecule has 1 fully saturated rings. The fourth-order valence-electron chi connectivity index (χ4n) is 2.54. The van der Waals surface area contributed by atoms with Gasteiger partial charge in [0.05, 0.1) is 6.61 Å². The fraction of sp³-hybridized carbons (Fsp3) is 0.400. The molecule has 1 aliphatic rings. The Labute approximate surface area is 132 Å². The Bertz CT molecular complexity index is 737. The van der Waals surface area contributed by atoms with Crippen molar-refractivity contribution in [1.82, 2.24) is 19.2 Å². The first kappa shape index (κ1) is 15.3. The van der Waals surface area contributed by atoms with Crippen LogP contribution in [0.25, 0.3) is 5.65 Å². The van der Waals surface area contributed by atoms with Gasteiger partial charge in [-0.1, -0.05) is 0 Å². The number of pyridine rings is 1. The Morgan fingerprint density at radius 3 is 2.57 bits per heavy atom. The molecule has 8 heteroatoms. The molecule has 0 aromatic carbocycles. The minimum absolute atomic E-state index is 0.224. The van der Waals surface area contributed by atoms with E-state index >= 15 is 0 Å². The van der Waals surface area contributed by atoms with Crippen LogP contribution in [0.3, 0.4) is 0 Å². The van der Waals surface area contributed by atoms with Crippen molar-refractivity contribution in [3.63, 3.8) is 0 Å². The molecule has 3 heterocycles. The van der Waals surface area contributed by atoms with Gasteiger partial charge in [-0.25, -0.2) is 14.2 Å². The van der Waals surface area contributed by atoms with Crippen LogP contribution in [0, 0.1) is 5.82 Å². The zero-order valence-electron chi connectivity index (χ0n) is 12.7. The van der Waals surface area contributed by atoms with Crippen molar-refractivity contribution in [2.75, 3.05) is 32.8 Å². The van der Waals surface area contributed by atoms with Gasteiger partial charge in [0.1, 0.15) is 17.2 Å². The third-order valence-corrected chi connectivity index (χ3v) is 3.73. The van der Waals surface area contributed by atoms with Gasteiger partial charge < -0.3 is 18.9 Å². The van der Waals surface area contributed by atoms with Crippen LogP contribution in [0.4, 0.5) is 9.18 Å². The van der Waals surface area contributed by atoms with Gasteiger partial charge in [0.2, 0.25) is 0 Å². The summed E-state index contributed by atoms with van der Waals surface area (Å²) in [5, 5.41) is 0. The molecule has 0 aliphatic carbocycles. The lowest BCUT2D eigenvalue weighted by Crippen LogP contribution is -2.50. The molecule has 0 spiro atoms. The lowest BCUT2D eigenvalue weighted by Gasteiger charge is -2.33. The van der Waals surface area contributed by atoms with E-state index < -0.39 is 5.82 Å². The minimum atomic E-state index is -0.392. The Balaban J connectivity index is 1.67. The summed E-state index contributed by atoms with van der Waals surface area (Å²) >= 11 is 0. The van der Waals surface area contributed by atoms with Gasteiger partial charge in [-0.2, -0.15) is 0 Å². The van der Waals surface area contributed by atoms with E-state index in [9.17, 15) is 14.0 Å². The number of ether oxygens (including phenoxy) is 1. The molecule has 0 radical (unpaired) electrons. The molecule has 0 bridgehead atoms. The molecule has 0 N–H and O–H groups in total. The molecule has 3 rings (SSSR count). The van der Waals surface area contributed by atoms with Crippen LogP contribution in [0.5, 0.6) is 0 Å². The molecular weight excluding hydrogens is 303 g/mol. The molecule has 122 valence electrons. The maximum atomic E-state index is 13.2. The maximum absolute atomic E-state index is 13.2. The second-order valence-electron chi connectivity index (χ2n) is 5.22. The van der Waals surface area contributed by atoms with E-state index in [0.29, 0.717) is 38.4 Å². The fourth-order valence-corrected chi connectivity index (χ4v) is 2.54. The summed E-state index contributed by atoms with van der Waals surface area (Å²) in [6.45, 7) is 3.76. The lowest BCUT2D eigenvalue weighted by atomic mass is 10.3. The highest BCUT2D eigenvalue weighted by molar-refractivity contribution is 5.93. The molecule has 0 unspecified atom stereocenters. The summed E-state index contributed by atoms with van der Waals surface area (Å²) in [6, 6.07) is 2.82. The zero-order valence-corrected chi connectivity index (χ0v) is 12.7. The standard InChI is InChI=1S/C15H17FN4O3/c1-2-23-15(22)19-7-5-18(6-8-19)14(21)12-10-20-9-11(16)3-4-13(20)17-12/h3-4,9-10H,2,5-8H2,1H3. The van der Waals surface area contributed by atoms with E-state index in [0.717, 1.165) is 0 Å². The van der Waals surface area contributed by atoms with Crippen LogP contribution < -0.4 is 0 Å². The number of rotatable bonds is 2. The summed E-state index contributed by atoms with van der Waals surface area (Å²) in [5.74, 6) is -0.616. The first-order chi connectivity index (χ1) is 11.1. The smallest absolute Gasteiger partial charge is 0.409 e. The van der Waals surface area contributed by atoms with Gasteiger partial charge in [0.15, 0.2) is 0 Å². The van der Waals surface area contributed by atoms with E-state index in [-0.39, 0.29) is 17.7 Å². The average Bonchev–Trinajstić information content (AvgIpc) is 2.97. The van der Waals surface area contributed by atoms with Crippen molar-refractivity contribution in [2.45, 2.75) is 6.92 Å². The Hall–Kier alpha value is -2.64. The molecule has 2 amide bonds. The number of amides is 2. The first-order valence-electron chi connectivity index (χ1n) is 7.43. The molecule has 23 heavy (non-hydrogen) atoms. The Kier molecular flexibility index (Phi) is 4.14. The van der Waals surface area contributed by atoms with Crippen LogP contribution in [0.15, 0.2) is 24.5 Å². The van der Waals surface area contributed by atoms with Gasteiger partial charge >= 0.3 is 6.09 Å². The number of nitrogens with zero attached hydrogens (tertiary/aromatic N) is 4. The molecule has 0 saturated carbocycles. The number of hydrogen-bond acceptors (Lipinski definition) is 4. The number of imidazole rings is 1. The SMILES string of the molecule is CCOC(=O)N1CCN(C(=O)c2cn3cc(F)ccc3n2)CC1. The molecule has 1 aliphatic heterocycles. The second kappa shape index (κ2) is 6.23. The summed E-state index contributed by atoms with van der Waals surface area (Å²) in [4.78, 5) is 31.5. The van der Waals surface area contributed by atoms with E-state index in [4.69, 9.17) is 4.74 Å². The second-order valence-corrected chi connectivity index (χ2v) is 5.22. The van der Waals surface area contributed by atoms with E-state index in [1.165, 1.54) is 28.9 Å². The van der Waals surface area contributed by atoms with Gasteiger partial charge in [-0.05, 0) is 19.1 Å². The highest BCUT2D eigenvalue weighted by Crippen LogP contribution is 2.12. The lowest BCUT2D eigenvalue weighted by molar-refractivity contribution is 0.0566. The monoisotopic (exact) mass is 320 g/mol. The van der Waals surface area contributed by atoms with E-state index in [1.807, 2.05) is 0 Å². The number of aromatic nitrogens is 2. The Morgan fingerprint density at radius 1 is 1.17 bits per heavy atom. The van der Waals surface area contributed by atoms with Crippen molar-refractivity contribution in [3.05, 3.63) is 36.0 Å². The molecular formula is C15H17FN4O3. The number of hydrogen-bond donors (Lipinski definition) is 0. The van der Waals surface area contributed by atoms with Gasteiger partial charge in [-0.15, -0.1) is 0 Å². The predicted octanol–water partition coefficient (Wildman–Crippen LogP) is 1.39. The van der Waals surface area contributed by atoms with Gasteiger partial charge in [0.25, 0.3) is 5.91 Å². The number of carbonyl (C=O) groups excluding carboxylic acids is 2. The largest absolute Gasteiger partial charge is 0.450 e. The van der Waals surface area contributed by atoms with Gasteiger partial charge in [-0.3, -0.25) is 4.79 Å². The van der Waals surface area contributed by atoms with Crippen molar-refractivity contribution >= 4 is 17.6 Å². The van der Waals surface area contributed by atoms with Crippen molar-refractivity contribution in [1.29, 1.82) is 0 Å². The third-order valence-electron chi connectivity index (χ3n) is 3.73. The number of piperazine rings is 1. The zero-order chi connectivity index (χ0) is 16.4. The molecule has 7 nitrogen and oxygen atoms in total. The van der Waals surface area contributed by atoms with Crippen molar-refractivity contribution in [2.24, 2.45) is 0 Å². The normalized spacial score (nSPS) is 15.0. The molecule has 0 atom stereocenters. The summed E-state index contributed by atoms with van der Waals surface area (Å²) < 4.78 is 19.6. The van der Waals surface area contributed by atoms with Crippen LogP contribution in [-0.2, 0) is 4.74 Å². The van der Waals surface area contributed by atoms with Crippen LogP contribution >= 0.6 is 0 Å². The Morgan fingerprint density at radius 2 is 1.87 bits per heavy atom. The quantitative estimate of drug-likeness (QED) is 0.838. The molecule has 1 saturated heterocycles. The summed E-state index contributed by atoms with van der Waals surface area (Å²) in [6.07, 6.45) is 2.43. The van der Waals surface area contributed by atoms with Crippen molar-refractivity contribution in [3.8, 4) is 0 Å². The summed E-state index contributed by atoms with van der Waals surface area (Å²) in [5.41, 5.74) is 0.778. The van der Waals surface area contributed by atoms with Crippen LogP contribution in [-0.4, -0.2) is 64.0 Å². The molecule has 2 aromatic rings. The van der Waals surface area contributed by atoms with E-state index in [2.05, 4.69) is 4.98 Å². The molecule has 2 aromatic heterocycles. The first-order valence-corrected chi connectivity index (χ1v) is 7.43. The predicted molar refractivity (Wildman–Crippen MR) is 79.6 cm³/mol.